The fourth-order valence-corrected chi connectivity index (χ4v) is 6.85. The van der Waals surface area contributed by atoms with Gasteiger partial charge >= 0.3 is 0 Å². The van der Waals surface area contributed by atoms with E-state index in [1.165, 1.54) is 28.0 Å². The highest BCUT2D eigenvalue weighted by atomic mass is 32.2. The van der Waals surface area contributed by atoms with Crippen LogP contribution in [-0.2, 0) is 37.8 Å². The van der Waals surface area contributed by atoms with Crippen molar-refractivity contribution in [3.05, 3.63) is 87.0 Å². The summed E-state index contributed by atoms with van der Waals surface area (Å²) in [5, 5.41) is 15.8. The first-order chi connectivity index (χ1) is 19.4. The molecule has 2 N–H and O–H groups in total. The fraction of sp³-hybridized carbons (Fsp3) is 0.333. The van der Waals surface area contributed by atoms with Gasteiger partial charge < -0.3 is 19.9 Å². The summed E-state index contributed by atoms with van der Waals surface area (Å²) in [5.41, 5.74) is 4.85. The van der Waals surface area contributed by atoms with Crippen LogP contribution in [0.5, 0.6) is 5.75 Å². The zero-order chi connectivity index (χ0) is 28.1. The van der Waals surface area contributed by atoms with Gasteiger partial charge in [0.15, 0.2) is 11.0 Å². The van der Waals surface area contributed by atoms with Crippen LogP contribution in [0.2, 0.25) is 0 Å². The maximum absolute atomic E-state index is 13.3. The van der Waals surface area contributed by atoms with Crippen LogP contribution in [0.1, 0.15) is 56.2 Å². The van der Waals surface area contributed by atoms with E-state index in [1.54, 1.807) is 0 Å². The number of benzene rings is 2. The van der Waals surface area contributed by atoms with Crippen LogP contribution in [0.15, 0.2) is 53.7 Å². The van der Waals surface area contributed by atoms with Gasteiger partial charge in [0, 0.05) is 18.5 Å². The number of nitrogens with zero attached hydrogens (tertiary/aromatic N) is 3. The molecule has 5 rings (SSSR count). The van der Waals surface area contributed by atoms with Crippen LogP contribution < -0.4 is 15.4 Å². The Labute approximate surface area is 242 Å². The molecule has 0 spiro atoms. The average Bonchev–Trinajstić information content (AvgIpc) is 3.50. The quantitative estimate of drug-likeness (QED) is 0.239. The van der Waals surface area contributed by atoms with Crippen LogP contribution >= 0.6 is 23.1 Å². The minimum Gasteiger partial charge on any atom is -0.485 e. The molecule has 1 aliphatic carbocycles. The number of para-hydroxylation sites is 1. The van der Waals surface area contributed by atoms with E-state index in [1.807, 2.05) is 74.0 Å². The van der Waals surface area contributed by atoms with Crippen LogP contribution in [0.3, 0.4) is 0 Å². The molecule has 4 aromatic rings. The normalized spacial score (nSPS) is 12.6. The van der Waals surface area contributed by atoms with Gasteiger partial charge in [0.25, 0.3) is 5.91 Å². The molecule has 2 aromatic heterocycles. The van der Waals surface area contributed by atoms with E-state index in [0.29, 0.717) is 28.1 Å². The Balaban J connectivity index is 1.22. The number of thiophene rings is 1. The van der Waals surface area contributed by atoms with Crippen LogP contribution in [0.4, 0.5) is 5.00 Å². The number of hydrogen-bond donors (Lipinski definition) is 2. The fourth-order valence-electron chi connectivity index (χ4n) is 4.81. The highest BCUT2D eigenvalue weighted by Crippen LogP contribution is 2.38. The number of anilines is 1. The lowest BCUT2D eigenvalue weighted by Gasteiger charge is -2.13. The van der Waals surface area contributed by atoms with E-state index < -0.39 is 0 Å². The first-order valence-electron chi connectivity index (χ1n) is 13.4. The van der Waals surface area contributed by atoms with E-state index in [9.17, 15) is 9.59 Å². The SMILES string of the molecule is Cc1cccc(C)c1OCc1nnc(SCC(=O)Nc2sc3c(c2C(=O)NCc2ccccc2)CCCC3)n1C. The van der Waals surface area contributed by atoms with E-state index >= 15 is 0 Å². The lowest BCUT2D eigenvalue weighted by Crippen LogP contribution is -2.25. The second-order valence-electron chi connectivity index (χ2n) is 9.89. The van der Waals surface area contributed by atoms with E-state index in [2.05, 4.69) is 20.8 Å². The molecule has 0 saturated heterocycles. The Morgan fingerprint density at radius 1 is 1.02 bits per heavy atom. The Morgan fingerprint density at radius 2 is 1.77 bits per heavy atom. The Hall–Kier alpha value is -3.63. The molecule has 0 saturated carbocycles. The lowest BCUT2D eigenvalue weighted by atomic mass is 9.95. The highest BCUT2D eigenvalue weighted by Gasteiger charge is 2.26. The number of carbonyl (C=O) groups is 2. The number of amides is 2. The molecule has 2 aromatic carbocycles. The molecule has 2 heterocycles. The Morgan fingerprint density at radius 3 is 2.55 bits per heavy atom. The first-order valence-corrected chi connectivity index (χ1v) is 15.2. The third-order valence-corrected chi connectivity index (χ3v) is 9.19. The maximum atomic E-state index is 13.3. The number of fused-ring (bicyclic) bond motifs is 1. The van der Waals surface area contributed by atoms with Gasteiger partial charge in [0.1, 0.15) is 17.4 Å². The molecule has 0 unspecified atom stereocenters. The molecular formula is C30H33N5O3S2. The smallest absolute Gasteiger partial charge is 0.254 e. The number of aryl methyl sites for hydroxylation is 3. The van der Waals surface area contributed by atoms with Crippen LogP contribution in [0, 0.1) is 13.8 Å². The Kier molecular flexibility index (Phi) is 8.86. The van der Waals surface area contributed by atoms with E-state index in [0.717, 1.165) is 53.7 Å². The first kappa shape index (κ1) is 27.9. The van der Waals surface area contributed by atoms with Crippen molar-refractivity contribution in [2.45, 2.75) is 57.8 Å². The van der Waals surface area contributed by atoms with Gasteiger partial charge in [0.05, 0.1) is 11.3 Å². The number of ether oxygens (including phenoxy) is 1. The molecule has 0 atom stereocenters. The number of carbonyl (C=O) groups excluding carboxylic acids is 2. The highest BCUT2D eigenvalue weighted by molar-refractivity contribution is 7.99. The molecule has 0 aliphatic heterocycles. The molecule has 2 amide bonds. The molecule has 0 bridgehead atoms. The maximum Gasteiger partial charge on any atom is 0.254 e. The number of thioether (sulfide) groups is 1. The monoisotopic (exact) mass is 575 g/mol. The van der Waals surface area contributed by atoms with Gasteiger partial charge in [-0.2, -0.15) is 0 Å². The minimum absolute atomic E-state index is 0.145. The van der Waals surface area contributed by atoms with Crippen molar-refractivity contribution in [3.8, 4) is 5.75 Å². The van der Waals surface area contributed by atoms with Crippen molar-refractivity contribution in [2.24, 2.45) is 7.05 Å². The molecule has 1 aliphatic rings. The Bertz CT molecular complexity index is 1490. The van der Waals surface area contributed by atoms with Gasteiger partial charge in [-0.15, -0.1) is 21.5 Å². The summed E-state index contributed by atoms with van der Waals surface area (Å²) in [4.78, 5) is 27.5. The zero-order valence-electron chi connectivity index (χ0n) is 23.0. The van der Waals surface area contributed by atoms with Crippen LogP contribution in [0.25, 0.3) is 0 Å². The largest absolute Gasteiger partial charge is 0.485 e. The summed E-state index contributed by atoms with van der Waals surface area (Å²) in [6.45, 7) is 4.75. The third kappa shape index (κ3) is 6.39. The predicted molar refractivity (Wildman–Crippen MR) is 159 cm³/mol. The predicted octanol–water partition coefficient (Wildman–Crippen LogP) is 5.61. The van der Waals surface area contributed by atoms with Crippen molar-refractivity contribution in [2.75, 3.05) is 11.1 Å². The summed E-state index contributed by atoms with van der Waals surface area (Å²) in [6, 6.07) is 15.9. The summed E-state index contributed by atoms with van der Waals surface area (Å²) in [6.07, 6.45) is 3.95. The molecule has 40 heavy (non-hydrogen) atoms. The van der Waals surface area contributed by atoms with Gasteiger partial charge in [-0.3, -0.25) is 9.59 Å². The number of rotatable bonds is 10. The van der Waals surface area contributed by atoms with Crippen molar-refractivity contribution >= 4 is 39.9 Å². The second-order valence-corrected chi connectivity index (χ2v) is 11.9. The third-order valence-electron chi connectivity index (χ3n) is 6.96. The summed E-state index contributed by atoms with van der Waals surface area (Å²) in [5.74, 6) is 1.34. The van der Waals surface area contributed by atoms with Crippen molar-refractivity contribution in [3.63, 3.8) is 0 Å². The summed E-state index contributed by atoms with van der Waals surface area (Å²) >= 11 is 2.83. The molecule has 0 radical (unpaired) electrons. The topological polar surface area (TPSA) is 98.1 Å². The van der Waals surface area contributed by atoms with Crippen molar-refractivity contribution in [1.82, 2.24) is 20.1 Å². The van der Waals surface area contributed by atoms with E-state index in [-0.39, 0.29) is 24.2 Å². The number of nitrogens with one attached hydrogen (secondary N) is 2. The van der Waals surface area contributed by atoms with Crippen molar-refractivity contribution < 1.29 is 14.3 Å². The van der Waals surface area contributed by atoms with Gasteiger partial charge in [-0.1, -0.05) is 60.3 Å². The van der Waals surface area contributed by atoms with E-state index in [4.69, 9.17) is 4.74 Å². The van der Waals surface area contributed by atoms with Crippen LogP contribution in [-0.4, -0.2) is 32.3 Å². The van der Waals surface area contributed by atoms with Gasteiger partial charge in [-0.25, -0.2) is 0 Å². The minimum atomic E-state index is -0.183. The standard InChI is InChI=1S/C30H33N5O3S2/c1-19-10-9-11-20(2)27(19)38-17-24-33-34-30(35(24)3)39-18-25(36)32-29-26(22-14-7-8-15-23(22)40-29)28(37)31-16-21-12-5-4-6-13-21/h4-6,9-13H,7-8,14-18H2,1-3H3,(H,31,37)(H,32,36). The second kappa shape index (κ2) is 12.7. The molecular weight excluding hydrogens is 542 g/mol. The molecule has 8 nitrogen and oxygen atoms in total. The van der Waals surface area contributed by atoms with Gasteiger partial charge in [-0.05, 0) is 61.8 Å². The number of hydrogen-bond acceptors (Lipinski definition) is 7. The average molecular weight is 576 g/mol. The van der Waals surface area contributed by atoms with Gasteiger partial charge in [0.2, 0.25) is 5.91 Å². The molecule has 208 valence electrons. The molecule has 0 fully saturated rings. The molecule has 10 heteroatoms. The lowest BCUT2D eigenvalue weighted by molar-refractivity contribution is -0.113. The number of aromatic nitrogens is 3. The van der Waals surface area contributed by atoms with Crippen molar-refractivity contribution in [1.29, 1.82) is 0 Å². The summed E-state index contributed by atoms with van der Waals surface area (Å²) < 4.78 is 7.87. The summed E-state index contributed by atoms with van der Waals surface area (Å²) in [7, 11) is 1.87. The zero-order valence-corrected chi connectivity index (χ0v) is 24.6.